The number of phenolic OH excluding ortho intramolecular Hbond substituents is 1. The topological polar surface area (TPSA) is 58.0 Å². The second-order valence-corrected chi connectivity index (χ2v) is 6.98. The molecule has 0 saturated carbocycles. The molecule has 0 fully saturated rings. The molecule has 0 aliphatic rings. The Labute approximate surface area is 166 Å². The maximum atomic E-state index is 14.8. The monoisotopic (exact) mass is 393 g/mol. The van der Waals surface area contributed by atoms with Gasteiger partial charge in [-0.05, 0) is 36.8 Å². The summed E-state index contributed by atoms with van der Waals surface area (Å²) in [6.07, 6.45) is 3.17. The average molecular weight is 394 g/mol. The maximum absolute atomic E-state index is 14.8. The van der Waals surface area contributed by atoms with Gasteiger partial charge in [-0.15, -0.1) is 0 Å². The van der Waals surface area contributed by atoms with Crippen LogP contribution in [0.25, 0.3) is 10.9 Å². The zero-order valence-corrected chi connectivity index (χ0v) is 15.8. The van der Waals surface area contributed by atoms with Gasteiger partial charge >= 0.3 is 0 Å². The molecule has 2 N–H and O–H groups in total. The van der Waals surface area contributed by atoms with Gasteiger partial charge in [-0.3, -0.25) is 4.98 Å². The number of benzene rings is 2. The molecular weight excluding hydrogens is 377 g/mol. The minimum absolute atomic E-state index is 0.00222. The number of pyridine rings is 2. The summed E-state index contributed by atoms with van der Waals surface area (Å²) in [6, 6.07) is 14.9. The van der Waals surface area contributed by atoms with Crippen molar-refractivity contribution in [1.29, 1.82) is 0 Å². The second-order valence-electron chi connectivity index (χ2n) is 6.54. The summed E-state index contributed by atoms with van der Waals surface area (Å²) in [6.45, 7) is 1.82. The van der Waals surface area contributed by atoms with E-state index >= 15 is 0 Å². The van der Waals surface area contributed by atoms with Gasteiger partial charge in [-0.2, -0.15) is 0 Å². The summed E-state index contributed by atoms with van der Waals surface area (Å²) in [4.78, 5) is 8.52. The third-order valence-electron chi connectivity index (χ3n) is 4.57. The van der Waals surface area contributed by atoms with Gasteiger partial charge in [0.05, 0.1) is 6.04 Å². The molecule has 0 aliphatic heterocycles. The predicted octanol–water partition coefficient (Wildman–Crippen LogP) is 5.64. The van der Waals surface area contributed by atoms with Gasteiger partial charge in [-0.25, -0.2) is 9.37 Å². The van der Waals surface area contributed by atoms with Crippen molar-refractivity contribution in [2.75, 3.05) is 5.32 Å². The van der Waals surface area contributed by atoms with Crippen molar-refractivity contribution < 1.29 is 9.50 Å². The van der Waals surface area contributed by atoms with Crippen LogP contribution in [0.3, 0.4) is 0 Å². The Morgan fingerprint density at radius 1 is 1.00 bits per heavy atom. The van der Waals surface area contributed by atoms with Crippen LogP contribution in [-0.2, 0) is 0 Å². The Kier molecular flexibility index (Phi) is 4.84. The van der Waals surface area contributed by atoms with Crippen molar-refractivity contribution in [3.05, 3.63) is 94.5 Å². The minimum Gasteiger partial charge on any atom is -0.505 e. The fourth-order valence-electron chi connectivity index (χ4n) is 3.20. The van der Waals surface area contributed by atoms with E-state index < -0.39 is 6.04 Å². The summed E-state index contributed by atoms with van der Waals surface area (Å²) in [5.41, 5.74) is 2.15. The third-order valence-corrected chi connectivity index (χ3v) is 4.81. The predicted molar refractivity (Wildman–Crippen MR) is 109 cm³/mol. The van der Waals surface area contributed by atoms with Crippen LogP contribution in [-0.4, -0.2) is 15.1 Å². The van der Waals surface area contributed by atoms with Crippen LogP contribution < -0.4 is 5.32 Å². The van der Waals surface area contributed by atoms with Crippen LogP contribution >= 0.6 is 11.6 Å². The normalized spacial score (nSPS) is 12.1. The molecular formula is C22H17ClFN3O. The van der Waals surface area contributed by atoms with Crippen LogP contribution in [0.15, 0.2) is 67.0 Å². The minimum atomic E-state index is -0.682. The number of aromatic nitrogens is 2. The van der Waals surface area contributed by atoms with E-state index in [9.17, 15) is 9.50 Å². The lowest BCUT2D eigenvalue weighted by Gasteiger charge is -2.22. The molecule has 4 rings (SSSR count). The number of nitrogens with one attached hydrogen (secondary N) is 1. The summed E-state index contributed by atoms with van der Waals surface area (Å²) in [7, 11) is 0. The highest BCUT2D eigenvalue weighted by Crippen LogP contribution is 2.37. The number of halogens is 2. The highest BCUT2D eigenvalue weighted by molar-refractivity contribution is 6.30. The molecule has 0 amide bonds. The molecule has 28 heavy (non-hydrogen) atoms. The number of anilines is 1. The van der Waals surface area contributed by atoms with Crippen molar-refractivity contribution in [3.8, 4) is 5.75 Å². The third kappa shape index (κ3) is 3.49. The molecule has 0 radical (unpaired) electrons. The Morgan fingerprint density at radius 2 is 1.82 bits per heavy atom. The number of hydrogen-bond acceptors (Lipinski definition) is 4. The van der Waals surface area contributed by atoms with Gasteiger partial charge in [0.2, 0.25) is 0 Å². The SMILES string of the molecule is Cc1ccc(C(Nc2cc(Cl)ccn2)c2ccc3cccnc3c2O)c(F)c1. The van der Waals surface area contributed by atoms with E-state index in [1.54, 1.807) is 42.7 Å². The van der Waals surface area contributed by atoms with Crippen molar-refractivity contribution >= 4 is 28.3 Å². The molecule has 0 aliphatic carbocycles. The molecule has 0 spiro atoms. The Hall–Kier alpha value is -3.18. The van der Waals surface area contributed by atoms with Crippen LogP contribution in [0.5, 0.6) is 5.75 Å². The zero-order chi connectivity index (χ0) is 19.7. The fourth-order valence-corrected chi connectivity index (χ4v) is 3.36. The van der Waals surface area contributed by atoms with E-state index in [0.717, 1.165) is 10.9 Å². The second kappa shape index (κ2) is 7.44. The van der Waals surface area contributed by atoms with E-state index in [1.165, 1.54) is 6.07 Å². The largest absolute Gasteiger partial charge is 0.505 e. The number of phenols is 1. The number of aromatic hydroxyl groups is 1. The molecule has 2 aromatic heterocycles. The number of aryl methyl sites for hydroxylation is 1. The maximum Gasteiger partial charge on any atom is 0.147 e. The molecule has 0 bridgehead atoms. The lowest BCUT2D eigenvalue weighted by molar-refractivity contribution is 0.470. The first-order chi connectivity index (χ1) is 13.5. The summed E-state index contributed by atoms with van der Waals surface area (Å²) < 4.78 is 14.8. The fraction of sp³-hybridized carbons (Fsp3) is 0.0909. The van der Waals surface area contributed by atoms with Crippen LogP contribution in [0.4, 0.5) is 10.2 Å². The van der Waals surface area contributed by atoms with E-state index in [2.05, 4.69) is 15.3 Å². The van der Waals surface area contributed by atoms with Crippen molar-refractivity contribution in [1.82, 2.24) is 9.97 Å². The lowest BCUT2D eigenvalue weighted by Crippen LogP contribution is -2.15. The van der Waals surface area contributed by atoms with Gasteiger partial charge in [0.1, 0.15) is 22.9 Å². The molecule has 4 nitrogen and oxygen atoms in total. The van der Waals surface area contributed by atoms with Crippen LogP contribution in [0.2, 0.25) is 5.02 Å². The molecule has 6 heteroatoms. The zero-order valence-electron chi connectivity index (χ0n) is 15.0. The highest BCUT2D eigenvalue weighted by Gasteiger charge is 2.23. The lowest BCUT2D eigenvalue weighted by atomic mass is 9.95. The van der Waals surface area contributed by atoms with E-state index in [-0.39, 0.29) is 11.6 Å². The molecule has 1 unspecified atom stereocenters. The van der Waals surface area contributed by atoms with Crippen molar-refractivity contribution in [2.45, 2.75) is 13.0 Å². The Bertz CT molecular complexity index is 1170. The van der Waals surface area contributed by atoms with E-state index in [4.69, 9.17) is 11.6 Å². The molecule has 1 atom stereocenters. The molecule has 2 aromatic carbocycles. The number of nitrogens with zero attached hydrogens (tertiary/aromatic N) is 2. The Balaban J connectivity index is 1.88. The molecule has 4 aromatic rings. The van der Waals surface area contributed by atoms with Gasteiger partial charge < -0.3 is 10.4 Å². The highest BCUT2D eigenvalue weighted by atomic mass is 35.5. The summed E-state index contributed by atoms with van der Waals surface area (Å²) >= 11 is 6.07. The van der Waals surface area contributed by atoms with Crippen LogP contribution in [0.1, 0.15) is 22.7 Å². The number of hydrogen-bond donors (Lipinski definition) is 2. The number of rotatable bonds is 4. The first-order valence-electron chi connectivity index (χ1n) is 8.73. The first kappa shape index (κ1) is 18.2. The van der Waals surface area contributed by atoms with Crippen LogP contribution in [0, 0.1) is 12.7 Å². The average Bonchev–Trinajstić information content (AvgIpc) is 2.67. The standard InChI is InChI=1S/C22H17ClFN3O/c1-13-4-6-16(18(24)11-13)21(27-19-12-15(23)8-10-25-19)17-7-5-14-3-2-9-26-20(14)22(17)28/h2-12,21,28H,1H3,(H,25,27). The quantitative estimate of drug-likeness (QED) is 0.471. The van der Waals surface area contributed by atoms with Gasteiger partial charge in [0.25, 0.3) is 0 Å². The van der Waals surface area contributed by atoms with E-state index in [0.29, 0.717) is 27.5 Å². The van der Waals surface area contributed by atoms with E-state index in [1.807, 2.05) is 25.1 Å². The smallest absolute Gasteiger partial charge is 0.147 e. The number of fused-ring (bicyclic) bond motifs is 1. The van der Waals surface area contributed by atoms with Gasteiger partial charge in [0, 0.05) is 33.9 Å². The summed E-state index contributed by atoms with van der Waals surface area (Å²) in [5.74, 6) is 0.0932. The molecule has 140 valence electrons. The molecule has 0 saturated heterocycles. The summed E-state index contributed by atoms with van der Waals surface area (Å²) in [5, 5.41) is 15.4. The Morgan fingerprint density at radius 3 is 2.61 bits per heavy atom. The van der Waals surface area contributed by atoms with Crippen molar-refractivity contribution in [3.63, 3.8) is 0 Å². The molecule has 2 heterocycles. The van der Waals surface area contributed by atoms with Crippen molar-refractivity contribution in [2.24, 2.45) is 0 Å². The van der Waals surface area contributed by atoms with Gasteiger partial charge in [0.15, 0.2) is 0 Å². The van der Waals surface area contributed by atoms with Gasteiger partial charge in [-0.1, -0.05) is 41.9 Å². The first-order valence-corrected chi connectivity index (χ1v) is 9.11.